The fraction of sp³-hybridized carbons (Fsp3) is 0.615. The Kier molecular flexibility index (Phi) is 4.42. The van der Waals surface area contributed by atoms with Crippen LogP contribution in [0.3, 0.4) is 0 Å². The van der Waals surface area contributed by atoms with Gasteiger partial charge in [0.25, 0.3) is 10.0 Å². The van der Waals surface area contributed by atoms with Gasteiger partial charge in [0.2, 0.25) is 0 Å². The van der Waals surface area contributed by atoms with Crippen LogP contribution < -0.4 is 5.32 Å². The van der Waals surface area contributed by atoms with Gasteiger partial charge in [0.05, 0.1) is 5.69 Å². The fourth-order valence-electron chi connectivity index (χ4n) is 2.23. The van der Waals surface area contributed by atoms with Crippen LogP contribution in [0.25, 0.3) is 0 Å². The summed E-state index contributed by atoms with van der Waals surface area (Å²) >= 11 is 0. The van der Waals surface area contributed by atoms with Crippen LogP contribution in [-0.4, -0.2) is 37.3 Å². The van der Waals surface area contributed by atoms with Crippen LogP contribution in [0.2, 0.25) is 0 Å². The SMILES string of the molecule is CCCNc1cccnc1S(=O)(=O)N1CCC(C)C1. The molecule has 106 valence electrons. The molecule has 0 aromatic carbocycles. The Morgan fingerprint density at radius 2 is 2.32 bits per heavy atom. The molecule has 2 heterocycles. The zero-order valence-corrected chi connectivity index (χ0v) is 12.3. The lowest BCUT2D eigenvalue weighted by Gasteiger charge is -2.18. The van der Waals surface area contributed by atoms with E-state index in [0.717, 1.165) is 19.4 Å². The van der Waals surface area contributed by atoms with Gasteiger partial charge in [-0.1, -0.05) is 13.8 Å². The summed E-state index contributed by atoms with van der Waals surface area (Å²) in [5, 5.41) is 3.29. The van der Waals surface area contributed by atoms with E-state index in [1.54, 1.807) is 12.1 Å². The second-order valence-electron chi connectivity index (χ2n) is 5.04. The van der Waals surface area contributed by atoms with Crippen molar-refractivity contribution in [3.63, 3.8) is 0 Å². The Morgan fingerprint density at radius 3 is 2.95 bits per heavy atom. The van der Waals surface area contributed by atoms with Crippen molar-refractivity contribution in [3.8, 4) is 0 Å². The van der Waals surface area contributed by atoms with E-state index in [9.17, 15) is 8.42 Å². The van der Waals surface area contributed by atoms with Gasteiger partial charge in [-0.15, -0.1) is 0 Å². The highest BCUT2D eigenvalue weighted by atomic mass is 32.2. The molecule has 1 aromatic heterocycles. The van der Waals surface area contributed by atoms with E-state index in [-0.39, 0.29) is 5.03 Å². The van der Waals surface area contributed by atoms with Crippen molar-refractivity contribution in [1.29, 1.82) is 0 Å². The molecule has 1 aromatic rings. The molecule has 1 N–H and O–H groups in total. The topological polar surface area (TPSA) is 62.3 Å². The predicted molar refractivity (Wildman–Crippen MR) is 75.6 cm³/mol. The van der Waals surface area contributed by atoms with Gasteiger partial charge >= 0.3 is 0 Å². The van der Waals surface area contributed by atoms with Gasteiger partial charge < -0.3 is 5.32 Å². The third-order valence-electron chi connectivity index (χ3n) is 3.31. The van der Waals surface area contributed by atoms with Crippen LogP contribution in [-0.2, 0) is 10.0 Å². The van der Waals surface area contributed by atoms with E-state index in [2.05, 4.69) is 17.2 Å². The summed E-state index contributed by atoms with van der Waals surface area (Å²) in [6, 6.07) is 3.53. The van der Waals surface area contributed by atoms with E-state index >= 15 is 0 Å². The van der Waals surface area contributed by atoms with Crippen molar-refractivity contribution < 1.29 is 8.42 Å². The van der Waals surface area contributed by atoms with Crippen LogP contribution in [0.1, 0.15) is 26.7 Å². The van der Waals surface area contributed by atoms with E-state index in [0.29, 0.717) is 24.7 Å². The smallest absolute Gasteiger partial charge is 0.262 e. The highest BCUT2D eigenvalue weighted by Gasteiger charge is 2.33. The number of hydrogen-bond acceptors (Lipinski definition) is 4. The molecule has 0 amide bonds. The maximum Gasteiger partial charge on any atom is 0.262 e. The van der Waals surface area contributed by atoms with Crippen molar-refractivity contribution >= 4 is 15.7 Å². The molecule has 0 bridgehead atoms. The van der Waals surface area contributed by atoms with E-state index in [1.807, 2.05) is 6.92 Å². The van der Waals surface area contributed by atoms with Gasteiger partial charge in [-0.2, -0.15) is 4.31 Å². The minimum Gasteiger partial charge on any atom is -0.383 e. The van der Waals surface area contributed by atoms with Gasteiger partial charge in [-0.25, -0.2) is 13.4 Å². The van der Waals surface area contributed by atoms with Gasteiger partial charge in [-0.3, -0.25) is 0 Å². The highest BCUT2D eigenvalue weighted by Crippen LogP contribution is 2.26. The largest absolute Gasteiger partial charge is 0.383 e. The lowest BCUT2D eigenvalue weighted by Crippen LogP contribution is -2.30. The Hall–Kier alpha value is -1.14. The molecule has 1 aliphatic heterocycles. The van der Waals surface area contributed by atoms with Gasteiger partial charge in [0.15, 0.2) is 5.03 Å². The molecular formula is C13H21N3O2S. The van der Waals surface area contributed by atoms with E-state index < -0.39 is 10.0 Å². The van der Waals surface area contributed by atoms with E-state index in [1.165, 1.54) is 10.5 Å². The molecule has 1 saturated heterocycles. The molecule has 5 nitrogen and oxygen atoms in total. The summed E-state index contributed by atoms with van der Waals surface area (Å²) in [6.45, 7) is 6.04. The van der Waals surface area contributed by atoms with Crippen LogP contribution >= 0.6 is 0 Å². The first-order valence-electron chi connectivity index (χ1n) is 6.74. The molecular weight excluding hydrogens is 262 g/mol. The highest BCUT2D eigenvalue weighted by molar-refractivity contribution is 7.89. The molecule has 0 spiro atoms. The Balaban J connectivity index is 2.29. The number of anilines is 1. The minimum atomic E-state index is -3.47. The number of sulfonamides is 1. The predicted octanol–water partition coefficient (Wildman–Crippen LogP) is 1.93. The number of aromatic nitrogens is 1. The summed E-state index contributed by atoms with van der Waals surface area (Å²) in [6.07, 6.45) is 3.39. The molecule has 6 heteroatoms. The van der Waals surface area contributed by atoms with Crippen LogP contribution in [0.4, 0.5) is 5.69 Å². The maximum atomic E-state index is 12.6. The molecule has 1 aliphatic rings. The van der Waals surface area contributed by atoms with Crippen molar-refractivity contribution in [2.75, 3.05) is 25.0 Å². The average molecular weight is 283 g/mol. The second kappa shape index (κ2) is 5.88. The third kappa shape index (κ3) is 3.06. The fourth-order valence-corrected chi connectivity index (χ4v) is 3.88. The summed E-state index contributed by atoms with van der Waals surface area (Å²) in [5.74, 6) is 0.422. The van der Waals surface area contributed by atoms with Gasteiger partial charge in [0.1, 0.15) is 0 Å². The molecule has 1 atom stereocenters. The maximum absolute atomic E-state index is 12.6. The first kappa shape index (κ1) is 14.3. The average Bonchev–Trinajstić information content (AvgIpc) is 2.84. The molecule has 19 heavy (non-hydrogen) atoms. The van der Waals surface area contributed by atoms with Crippen LogP contribution in [0.5, 0.6) is 0 Å². The third-order valence-corrected chi connectivity index (χ3v) is 5.13. The normalized spacial score (nSPS) is 20.6. The Bertz CT molecular complexity index is 530. The lowest BCUT2D eigenvalue weighted by molar-refractivity contribution is 0.462. The monoisotopic (exact) mass is 283 g/mol. The number of rotatable bonds is 5. The van der Waals surface area contributed by atoms with E-state index in [4.69, 9.17) is 0 Å². The zero-order chi connectivity index (χ0) is 13.9. The Morgan fingerprint density at radius 1 is 1.53 bits per heavy atom. The number of hydrogen-bond donors (Lipinski definition) is 1. The van der Waals surface area contributed by atoms with Crippen molar-refractivity contribution in [2.24, 2.45) is 5.92 Å². The van der Waals surface area contributed by atoms with Gasteiger partial charge in [-0.05, 0) is 30.9 Å². The molecule has 0 aliphatic carbocycles. The molecule has 0 radical (unpaired) electrons. The summed E-state index contributed by atoms with van der Waals surface area (Å²) in [5.41, 5.74) is 0.601. The number of nitrogens with zero attached hydrogens (tertiary/aromatic N) is 2. The number of pyridine rings is 1. The first-order valence-corrected chi connectivity index (χ1v) is 8.18. The summed E-state index contributed by atoms with van der Waals surface area (Å²) in [4.78, 5) is 4.08. The Labute approximate surface area is 115 Å². The molecule has 1 unspecified atom stereocenters. The standard InChI is InChI=1S/C13H21N3O2S/c1-3-7-14-12-5-4-8-15-13(12)19(17,18)16-9-6-11(2)10-16/h4-5,8,11,14H,3,6-7,9-10H2,1-2H3. The molecule has 0 saturated carbocycles. The molecule has 1 fully saturated rings. The number of nitrogens with one attached hydrogen (secondary N) is 1. The minimum absolute atomic E-state index is 0.151. The summed E-state index contributed by atoms with van der Waals surface area (Å²) < 4.78 is 26.7. The summed E-state index contributed by atoms with van der Waals surface area (Å²) in [7, 11) is -3.47. The van der Waals surface area contributed by atoms with Crippen LogP contribution in [0.15, 0.2) is 23.4 Å². The van der Waals surface area contributed by atoms with Crippen molar-refractivity contribution in [2.45, 2.75) is 31.7 Å². The first-order chi connectivity index (χ1) is 9.05. The lowest BCUT2D eigenvalue weighted by atomic mass is 10.2. The van der Waals surface area contributed by atoms with Crippen molar-refractivity contribution in [3.05, 3.63) is 18.3 Å². The van der Waals surface area contributed by atoms with Crippen molar-refractivity contribution in [1.82, 2.24) is 9.29 Å². The quantitative estimate of drug-likeness (QED) is 0.897. The zero-order valence-electron chi connectivity index (χ0n) is 11.5. The van der Waals surface area contributed by atoms with Gasteiger partial charge in [0, 0.05) is 25.8 Å². The van der Waals surface area contributed by atoms with Crippen LogP contribution in [0, 0.1) is 5.92 Å². The second-order valence-corrected chi connectivity index (χ2v) is 6.89. The molecule has 2 rings (SSSR count).